The number of hydrogen-bond acceptors (Lipinski definition) is 5. The van der Waals surface area contributed by atoms with Crippen LogP contribution in [0.15, 0.2) is 93.2 Å². The summed E-state index contributed by atoms with van der Waals surface area (Å²) < 4.78 is 14.3. The number of benzene rings is 4. The molecule has 0 aliphatic rings. The molecule has 1 aromatic heterocycles. The molecule has 1 heterocycles. The van der Waals surface area contributed by atoms with Gasteiger partial charge in [-0.25, -0.2) is 4.98 Å². The number of rotatable bonds is 9. The first-order chi connectivity index (χ1) is 19.0. The lowest BCUT2D eigenvalue weighted by atomic mass is 10.1. The summed E-state index contributed by atoms with van der Waals surface area (Å²) in [5.41, 5.74) is 2.35. The average Bonchev–Trinajstić information content (AvgIpc) is 2.96. The Morgan fingerprint density at radius 2 is 1.77 bits per heavy atom. The van der Waals surface area contributed by atoms with Gasteiger partial charge in [0.05, 0.1) is 23.7 Å². The van der Waals surface area contributed by atoms with Crippen LogP contribution in [-0.4, -0.2) is 22.5 Å². The topological polar surface area (TPSA) is 65.7 Å². The van der Waals surface area contributed by atoms with E-state index in [4.69, 9.17) is 14.5 Å². The van der Waals surface area contributed by atoms with E-state index >= 15 is 0 Å². The number of halogens is 1. The van der Waals surface area contributed by atoms with Gasteiger partial charge < -0.3 is 9.47 Å². The van der Waals surface area contributed by atoms with Crippen LogP contribution in [0.2, 0.25) is 0 Å². The van der Waals surface area contributed by atoms with E-state index in [0.29, 0.717) is 41.4 Å². The fraction of sp³-hybridized carbons (Fsp3) is 0.219. The van der Waals surface area contributed by atoms with Crippen molar-refractivity contribution in [2.45, 2.75) is 39.7 Å². The second kappa shape index (κ2) is 11.8. The van der Waals surface area contributed by atoms with Crippen LogP contribution in [-0.2, 0) is 6.61 Å². The summed E-state index contributed by atoms with van der Waals surface area (Å²) in [6.07, 6.45) is 2.50. The molecule has 7 heteroatoms. The van der Waals surface area contributed by atoms with Crippen LogP contribution < -0.4 is 15.0 Å². The summed E-state index contributed by atoms with van der Waals surface area (Å²) in [5.74, 6) is 1.97. The van der Waals surface area contributed by atoms with E-state index < -0.39 is 0 Å². The van der Waals surface area contributed by atoms with E-state index in [9.17, 15) is 4.79 Å². The van der Waals surface area contributed by atoms with E-state index in [-0.39, 0.29) is 11.5 Å². The maximum atomic E-state index is 13.4. The molecule has 0 aliphatic carbocycles. The van der Waals surface area contributed by atoms with Gasteiger partial charge in [0.15, 0.2) is 11.5 Å². The van der Waals surface area contributed by atoms with Gasteiger partial charge in [0.2, 0.25) is 0 Å². The van der Waals surface area contributed by atoms with Gasteiger partial charge in [-0.05, 0) is 71.6 Å². The first-order valence-corrected chi connectivity index (χ1v) is 13.9. The molecule has 0 radical (unpaired) electrons. The van der Waals surface area contributed by atoms with Gasteiger partial charge in [-0.1, -0.05) is 72.2 Å². The van der Waals surface area contributed by atoms with E-state index in [0.717, 1.165) is 22.0 Å². The van der Waals surface area contributed by atoms with Crippen LogP contribution >= 0.6 is 15.9 Å². The van der Waals surface area contributed by atoms with E-state index in [1.165, 1.54) is 15.4 Å². The quantitative estimate of drug-likeness (QED) is 0.167. The van der Waals surface area contributed by atoms with Crippen molar-refractivity contribution < 1.29 is 9.47 Å². The number of ether oxygens (including phenoxy) is 2. The lowest BCUT2D eigenvalue weighted by Crippen LogP contribution is -2.23. The Kier molecular flexibility index (Phi) is 8.07. The van der Waals surface area contributed by atoms with Gasteiger partial charge in [0, 0.05) is 10.4 Å². The molecule has 39 heavy (non-hydrogen) atoms. The minimum Gasteiger partial charge on any atom is -0.490 e. The zero-order valence-electron chi connectivity index (χ0n) is 22.2. The molecule has 1 atom stereocenters. The summed E-state index contributed by atoms with van der Waals surface area (Å²) in [4.78, 5) is 18.2. The van der Waals surface area contributed by atoms with Crippen molar-refractivity contribution in [1.29, 1.82) is 0 Å². The standard InChI is InChI=1S/C32H30BrN3O3/c1-4-21(3)31-35-28-15-14-25(33)18-27(28)32(37)36(31)34-19-22-13-16-29(30(17-22)38-5-2)39-20-24-11-8-10-23-9-6-7-12-26(23)24/h6-19,21H,4-5,20H2,1-3H3/t21-/m1/s1. The molecule has 0 spiro atoms. The van der Waals surface area contributed by atoms with Gasteiger partial charge >= 0.3 is 0 Å². The first-order valence-electron chi connectivity index (χ1n) is 13.1. The molecule has 0 N–H and O–H groups in total. The van der Waals surface area contributed by atoms with E-state index in [1.807, 2.05) is 62.4 Å². The van der Waals surface area contributed by atoms with Crippen molar-refractivity contribution in [3.63, 3.8) is 0 Å². The highest BCUT2D eigenvalue weighted by Gasteiger charge is 2.16. The molecule has 0 saturated carbocycles. The van der Waals surface area contributed by atoms with Gasteiger partial charge in [-0.2, -0.15) is 9.78 Å². The third-order valence-corrected chi connectivity index (χ3v) is 7.23. The van der Waals surface area contributed by atoms with Gasteiger partial charge in [0.1, 0.15) is 12.4 Å². The summed E-state index contributed by atoms with van der Waals surface area (Å²) in [5, 5.41) is 7.45. The van der Waals surface area contributed by atoms with Crippen LogP contribution in [0.5, 0.6) is 11.5 Å². The maximum absolute atomic E-state index is 13.4. The van der Waals surface area contributed by atoms with Crippen molar-refractivity contribution in [3.8, 4) is 11.5 Å². The fourth-order valence-corrected chi connectivity index (χ4v) is 4.83. The molecular formula is C32H30BrN3O3. The van der Waals surface area contributed by atoms with Crippen LogP contribution in [0.25, 0.3) is 21.7 Å². The highest BCUT2D eigenvalue weighted by Crippen LogP contribution is 2.30. The lowest BCUT2D eigenvalue weighted by molar-refractivity contribution is 0.270. The number of aromatic nitrogens is 2. The summed E-state index contributed by atoms with van der Waals surface area (Å²) in [7, 11) is 0. The van der Waals surface area contributed by atoms with Gasteiger partial charge in [-0.3, -0.25) is 4.79 Å². The second-order valence-corrected chi connectivity index (χ2v) is 10.3. The Labute approximate surface area is 236 Å². The van der Waals surface area contributed by atoms with Crippen molar-refractivity contribution in [2.75, 3.05) is 6.61 Å². The number of nitrogens with zero attached hydrogens (tertiary/aromatic N) is 3. The van der Waals surface area contributed by atoms with Crippen molar-refractivity contribution in [3.05, 3.63) is 111 Å². The molecule has 0 saturated heterocycles. The zero-order valence-corrected chi connectivity index (χ0v) is 23.8. The minimum atomic E-state index is -0.201. The smallest absolute Gasteiger partial charge is 0.282 e. The van der Waals surface area contributed by atoms with E-state index in [2.05, 4.69) is 52.2 Å². The van der Waals surface area contributed by atoms with Crippen LogP contribution in [0.1, 0.15) is 50.1 Å². The Hall–Kier alpha value is -3.97. The number of fused-ring (bicyclic) bond motifs is 2. The molecule has 0 unspecified atom stereocenters. The largest absolute Gasteiger partial charge is 0.490 e. The fourth-order valence-electron chi connectivity index (χ4n) is 4.47. The van der Waals surface area contributed by atoms with Crippen molar-refractivity contribution >= 4 is 43.8 Å². The molecule has 5 rings (SSSR count). The summed E-state index contributed by atoms with van der Waals surface area (Å²) >= 11 is 3.46. The molecule has 0 amide bonds. The minimum absolute atomic E-state index is 0.0618. The molecule has 4 aromatic carbocycles. The molecule has 0 fully saturated rings. The SMILES string of the molecule is CCOc1cc(C=Nn2c([C@H](C)CC)nc3ccc(Br)cc3c2=O)ccc1OCc1cccc2ccccc12. The third-order valence-electron chi connectivity index (χ3n) is 6.74. The average molecular weight is 585 g/mol. The first kappa shape index (κ1) is 26.6. The molecule has 6 nitrogen and oxygen atoms in total. The van der Waals surface area contributed by atoms with Gasteiger partial charge in [-0.15, -0.1) is 0 Å². The van der Waals surface area contributed by atoms with E-state index in [1.54, 1.807) is 12.3 Å². The monoisotopic (exact) mass is 583 g/mol. The molecule has 0 bridgehead atoms. The van der Waals surface area contributed by atoms with Crippen molar-refractivity contribution in [1.82, 2.24) is 9.66 Å². The molecule has 198 valence electrons. The Morgan fingerprint density at radius 3 is 2.59 bits per heavy atom. The molecule has 0 aliphatic heterocycles. The Bertz CT molecular complexity index is 1720. The van der Waals surface area contributed by atoms with Crippen molar-refractivity contribution in [2.24, 2.45) is 5.10 Å². The van der Waals surface area contributed by atoms with Gasteiger partial charge in [0.25, 0.3) is 5.56 Å². The molecule has 5 aromatic rings. The second-order valence-electron chi connectivity index (χ2n) is 9.37. The molecular weight excluding hydrogens is 554 g/mol. The normalized spacial score (nSPS) is 12.3. The van der Waals surface area contributed by atoms with Crippen LogP contribution in [0.3, 0.4) is 0 Å². The van der Waals surface area contributed by atoms with Crippen LogP contribution in [0.4, 0.5) is 0 Å². The maximum Gasteiger partial charge on any atom is 0.282 e. The Balaban J connectivity index is 1.46. The Morgan fingerprint density at radius 1 is 0.949 bits per heavy atom. The highest BCUT2D eigenvalue weighted by atomic mass is 79.9. The lowest BCUT2D eigenvalue weighted by Gasteiger charge is -2.15. The highest BCUT2D eigenvalue weighted by molar-refractivity contribution is 9.10. The summed E-state index contributed by atoms with van der Waals surface area (Å²) in [6, 6.07) is 25.7. The summed E-state index contributed by atoms with van der Waals surface area (Å²) in [6.45, 7) is 6.97. The zero-order chi connectivity index (χ0) is 27.4. The predicted molar refractivity (Wildman–Crippen MR) is 161 cm³/mol. The third kappa shape index (κ3) is 5.73. The number of hydrogen-bond donors (Lipinski definition) is 0. The van der Waals surface area contributed by atoms with Crippen LogP contribution in [0, 0.1) is 0 Å². The predicted octanol–water partition coefficient (Wildman–Crippen LogP) is 7.69.